The van der Waals surface area contributed by atoms with Gasteiger partial charge in [-0.25, -0.2) is 0 Å². The molecule has 1 aromatic heterocycles. The zero-order valence-corrected chi connectivity index (χ0v) is 15.8. The molecule has 1 saturated heterocycles. The van der Waals surface area contributed by atoms with E-state index >= 15 is 0 Å². The molecule has 2 N–H and O–H groups in total. The number of aryl methyl sites for hydroxylation is 1. The van der Waals surface area contributed by atoms with Crippen LogP contribution in [0.5, 0.6) is 5.75 Å². The Morgan fingerprint density at radius 1 is 1.07 bits per heavy atom. The summed E-state index contributed by atoms with van der Waals surface area (Å²) in [6.45, 7) is 4.19. The van der Waals surface area contributed by atoms with Crippen molar-refractivity contribution in [2.24, 2.45) is 0 Å². The summed E-state index contributed by atoms with van der Waals surface area (Å²) >= 11 is 0. The smallest absolute Gasteiger partial charge is 0.272 e. The molecule has 5 heteroatoms. The highest BCUT2D eigenvalue weighted by atomic mass is 16.5. The summed E-state index contributed by atoms with van der Waals surface area (Å²) in [4.78, 5) is 18.4. The number of amides is 1. The number of piperidine rings is 1. The predicted octanol–water partition coefficient (Wildman–Crippen LogP) is 4.73. The van der Waals surface area contributed by atoms with Gasteiger partial charge in [0.1, 0.15) is 11.4 Å². The van der Waals surface area contributed by atoms with Crippen molar-refractivity contribution in [3.05, 3.63) is 53.7 Å². The van der Waals surface area contributed by atoms with Crippen LogP contribution in [0.3, 0.4) is 0 Å². The maximum atomic E-state index is 12.8. The summed E-state index contributed by atoms with van der Waals surface area (Å²) in [6, 6.07) is 13.9. The fraction of sp³-hybridized carbons (Fsp3) is 0.318. The Balaban J connectivity index is 1.51. The summed E-state index contributed by atoms with van der Waals surface area (Å²) in [6.07, 6.45) is 3.83. The Kier molecular flexibility index (Phi) is 4.75. The lowest BCUT2D eigenvalue weighted by atomic mass is 10.1. The second-order valence-corrected chi connectivity index (χ2v) is 7.09. The van der Waals surface area contributed by atoms with E-state index in [1.54, 1.807) is 7.11 Å². The van der Waals surface area contributed by atoms with Crippen molar-refractivity contribution in [3.63, 3.8) is 0 Å². The molecule has 2 aromatic carbocycles. The van der Waals surface area contributed by atoms with E-state index in [4.69, 9.17) is 4.74 Å². The van der Waals surface area contributed by atoms with Crippen molar-refractivity contribution in [2.45, 2.75) is 26.2 Å². The average molecular weight is 363 g/mol. The monoisotopic (exact) mass is 363 g/mol. The van der Waals surface area contributed by atoms with Gasteiger partial charge in [-0.1, -0.05) is 0 Å². The van der Waals surface area contributed by atoms with Crippen LogP contribution in [0.2, 0.25) is 0 Å². The van der Waals surface area contributed by atoms with Gasteiger partial charge >= 0.3 is 0 Å². The standard InChI is InChI=1S/C22H25N3O2/c1-15-19-11-10-18(27-2)14-20(19)24-21(15)22(26)23-16-6-8-17(9-7-16)25-12-4-3-5-13-25/h6-11,14,24H,3-5,12-13H2,1-2H3,(H,23,26). The van der Waals surface area contributed by atoms with Crippen molar-refractivity contribution in [3.8, 4) is 5.75 Å². The number of hydrogen-bond acceptors (Lipinski definition) is 3. The predicted molar refractivity (Wildman–Crippen MR) is 110 cm³/mol. The molecule has 0 saturated carbocycles. The molecule has 1 aliphatic rings. The molecular weight excluding hydrogens is 338 g/mol. The van der Waals surface area contributed by atoms with Gasteiger partial charge in [0.05, 0.1) is 7.11 Å². The van der Waals surface area contributed by atoms with E-state index in [0.29, 0.717) is 5.69 Å². The first-order chi connectivity index (χ1) is 13.2. The van der Waals surface area contributed by atoms with E-state index in [1.807, 2.05) is 37.3 Å². The molecule has 140 valence electrons. The zero-order valence-electron chi connectivity index (χ0n) is 15.8. The van der Waals surface area contributed by atoms with E-state index in [-0.39, 0.29) is 5.91 Å². The lowest BCUT2D eigenvalue weighted by Gasteiger charge is -2.28. The Bertz CT molecular complexity index is 954. The van der Waals surface area contributed by atoms with Crippen LogP contribution in [0.1, 0.15) is 35.3 Å². The fourth-order valence-corrected chi connectivity index (χ4v) is 3.77. The fourth-order valence-electron chi connectivity index (χ4n) is 3.77. The molecule has 0 aliphatic carbocycles. The molecule has 4 rings (SSSR count). The third-order valence-electron chi connectivity index (χ3n) is 5.34. The summed E-state index contributed by atoms with van der Waals surface area (Å²) < 4.78 is 5.26. The van der Waals surface area contributed by atoms with Gasteiger partial charge < -0.3 is 19.9 Å². The highest BCUT2D eigenvalue weighted by Gasteiger charge is 2.16. The Hall–Kier alpha value is -2.95. The molecule has 0 unspecified atom stereocenters. The molecule has 27 heavy (non-hydrogen) atoms. The van der Waals surface area contributed by atoms with E-state index < -0.39 is 0 Å². The molecule has 2 heterocycles. The number of nitrogens with one attached hydrogen (secondary N) is 2. The van der Waals surface area contributed by atoms with Gasteiger partial charge in [-0.05, 0) is 68.1 Å². The molecular formula is C22H25N3O2. The summed E-state index contributed by atoms with van der Waals surface area (Å²) in [5.74, 6) is 0.636. The lowest BCUT2D eigenvalue weighted by molar-refractivity contribution is 0.102. The molecule has 0 radical (unpaired) electrons. The van der Waals surface area contributed by atoms with Crippen LogP contribution in [-0.4, -0.2) is 31.1 Å². The summed E-state index contributed by atoms with van der Waals surface area (Å²) in [5, 5.41) is 4.03. The van der Waals surface area contributed by atoms with E-state index in [0.717, 1.165) is 41.0 Å². The van der Waals surface area contributed by atoms with Gasteiger partial charge in [0.15, 0.2) is 0 Å². The van der Waals surface area contributed by atoms with Crippen molar-refractivity contribution in [2.75, 3.05) is 30.4 Å². The van der Waals surface area contributed by atoms with Gasteiger partial charge in [0.25, 0.3) is 5.91 Å². The second kappa shape index (κ2) is 7.35. The number of hydrogen-bond donors (Lipinski definition) is 2. The molecule has 1 amide bonds. The van der Waals surface area contributed by atoms with Crippen LogP contribution in [0.4, 0.5) is 11.4 Å². The van der Waals surface area contributed by atoms with Crippen LogP contribution in [-0.2, 0) is 0 Å². The molecule has 0 spiro atoms. The molecule has 1 fully saturated rings. The molecule has 3 aromatic rings. The van der Waals surface area contributed by atoms with Gasteiger partial charge in [0.2, 0.25) is 0 Å². The number of H-pyrrole nitrogens is 1. The first-order valence-electron chi connectivity index (χ1n) is 9.48. The SMILES string of the molecule is COc1ccc2c(C)c(C(=O)Nc3ccc(N4CCCCC4)cc3)[nH]c2c1. The van der Waals surface area contributed by atoms with Gasteiger partial charge in [-0.15, -0.1) is 0 Å². The van der Waals surface area contributed by atoms with Crippen molar-refractivity contribution in [1.82, 2.24) is 4.98 Å². The van der Waals surface area contributed by atoms with Gasteiger partial charge in [-0.3, -0.25) is 4.79 Å². The van der Waals surface area contributed by atoms with Crippen LogP contribution < -0.4 is 15.0 Å². The Morgan fingerprint density at radius 2 is 1.81 bits per heavy atom. The largest absolute Gasteiger partial charge is 0.497 e. The number of aromatic amines is 1. The zero-order chi connectivity index (χ0) is 18.8. The number of methoxy groups -OCH3 is 1. The highest BCUT2D eigenvalue weighted by molar-refractivity contribution is 6.08. The first kappa shape index (κ1) is 17.5. The van der Waals surface area contributed by atoms with Gasteiger partial charge in [0, 0.05) is 41.4 Å². The molecule has 5 nitrogen and oxygen atoms in total. The number of fused-ring (bicyclic) bond motifs is 1. The number of aromatic nitrogens is 1. The minimum absolute atomic E-state index is 0.131. The van der Waals surface area contributed by atoms with E-state index in [1.165, 1.54) is 24.9 Å². The van der Waals surface area contributed by atoms with Crippen LogP contribution in [0.25, 0.3) is 10.9 Å². The summed E-state index contributed by atoms with van der Waals surface area (Å²) in [5.41, 5.74) is 4.45. The molecule has 0 bridgehead atoms. The first-order valence-corrected chi connectivity index (χ1v) is 9.48. The third-order valence-corrected chi connectivity index (χ3v) is 5.34. The van der Waals surface area contributed by atoms with E-state index in [2.05, 4.69) is 27.3 Å². The van der Waals surface area contributed by atoms with Crippen molar-refractivity contribution >= 4 is 28.2 Å². The molecule has 0 atom stereocenters. The quantitative estimate of drug-likeness (QED) is 0.705. The van der Waals surface area contributed by atoms with Crippen molar-refractivity contribution < 1.29 is 9.53 Å². The van der Waals surface area contributed by atoms with Crippen LogP contribution in [0, 0.1) is 6.92 Å². The number of benzene rings is 2. The van der Waals surface area contributed by atoms with E-state index in [9.17, 15) is 4.79 Å². The summed E-state index contributed by atoms with van der Waals surface area (Å²) in [7, 11) is 1.64. The molecule has 1 aliphatic heterocycles. The normalized spacial score (nSPS) is 14.4. The Labute approximate surface area is 159 Å². The minimum atomic E-state index is -0.131. The maximum absolute atomic E-state index is 12.8. The maximum Gasteiger partial charge on any atom is 0.272 e. The van der Waals surface area contributed by atoms with Crippen LogP contribution in [0.15, 0.2) is 42.5 Å². The number of ether oxygens (including phenoxy) is 1. The number of carbonyl (C=O) groups is 1. The second-order valence-electron chi connectivity index (χ2n) is 7.09. The van der Waals surface area contributed by atoms with Gasteiger partial charge in [-0.2, -0.15) is 0 Å². The number of carbonyl (C=O) groups excluding carboxylic acids is 1. The number of anilines is 2. The minimum Gasteiger partial charge on any atom is -0.497 e. The van der Waals surface area contributed by atoms with Crippen molar-refractivity contribution in [1.29, 1.82) is 0 Å². The number of nitrogens with zero attached hydrogens (tertiary/aromatic N) is 1. The van der Waals surface area contributed by atoms with Crippen LogP contribution >= 0.6 is 0 Å². The average Bonchev–Trinajstić information content (AvgIpc) is 3.05. The number of rotatable bonds is 4. The topological polar surface area (TPSA) is 57.4 Å². The lowest BCUT2D eigenvalue weighted by Crippen LogP contribution is -2.29. The third kappa shape index (κ3) is 3.50. The Morgan fingerprint density at radius 3 is 2.52 bits per heavy atom. The highest BCUT2D eigenvalue weighted by Crippen LogP contribution is 2.27.